The molecule has 0 aliphatic carbocycles. The third-order valence-corrected chi connectivity index (χ3v) is 8.94. The summed E-state index contributed by atoms with van der Waals surface area (Å²) >= 11 is 6.70. The Hall–Kier alpha value is -3.36. The van der Waals surface area contributed by atoms with Crippen molar-refractivity contribution in [3.63, 3.8) is 0 Å². The zero-order chi connectivity index (χ0) is 26.5. The molecule has 0 N–H and O–H groups in total. The second-order valence-corrected chi connectivity index (χ2v) is 11.6. The van der Waals surface area contributed by atoms with Gasteiger partial charge in [0.1, 0.15) is 12.4 Å². The van der Waals surface area contributed by atoms with Crippen molar-refractivity contribution < 1.29 is 4.74 Å². The van der Waals surface area contributed by atoms with E-state index in [4.69, 9.17) is 26.3 Å². The molecule has 7 rings (SSSR count). The minimum atomic E-state index is 0.316. The summed E-state index contributed by atoms with van der Waals surface area (Å²) in [6, 6.07) is 13.7. The molecule has 5 heterocycles. The van der Waals surface area contributed by atoms with Gasteiger partial charge in [0.15, 0.2) is 0 Å². The first-order valence-corrected chi connectivity index (χ1v) is 14.3. The third-order valence-electron chi connectivity index (χ3n) is 8.63. The van der Waals surface area contributed by atoms with Crippen LogP contribution in [0.25, 0.3) is 10.8 Å². The molecule has 8 nitrogen and oxygen atoms in total. The molecule has 1 saturated heterocycles. The van der Waals surface area contributed by atoms with E-state index in [0.717, 1.165) is 72.0 Å². The van der Waals surface area contributed by atoms with Crippen LogP contribution in [0.3, 0.4) is 0 Å². The van der Waals surface area contributed by atoms with E-state index in [0.29, 0.717) is 31.2 Å². The van der Waals surface area contributed by atoms with Crippen LogP contribution in [-0.2, 0) is 19.5 Å². The minimum absolute atomic E-state index is 0.316. The number of imidazole rings is 1. The third kappa shape index (κ3) is 4.49. The standard InChI is InChI=1S/C30H34ClN7O/c1-20-15-37(16-23-14-32-19-38(20)23)29-24-11-13-36(27-10-4-7-21-6-3-9-25(31)28(21)27)17-26(24)33-30(34-29)39-18-22-8-5-12-35(22)2/h3-4,6-7,9-10,14,19-20,22H,5,8,11-13,15-18H2,1-2H3/t20?,22-/m0/s1. The van der Waals surface area contributed by atoms with Gasteiger partial charge in [-0.15, -0.1) is 0 Å². The highest BCUT2D eigenvalue weighted by Crippen LogP contribution is 2.38. The number of hydrogen-bond donors (Lipinski definition) is 0. The Morgan fingerprint density at radius 3 is 2.77 bits per heavy atom. The number of nitrogens with zero attached hydrogens (tertiary/aromatic N) is 7. The van der Waals surface area contributed by atoms with Crippen LogP contribution in [0.2, 0.25) is 5.02 Å². The van der Waals surface area contributed by atoms with E-state index in [1.54, 1.807) is 0 Å². The first kappa shape index (κ1) is 24.7. The lowest BCUT2D eigenvalue weighted by Gasteiger charge is -2.37. The molecule has 3 aliphatic heterocycles. The van der Waals surface area contributed by atoms with E-state index in [1.165, 1.54) is 17.7 Å². The van der Waals surface area contributed by atoms with Crippen molar-refractivity contribution in [1.82, 2.24) is 24.4 Å². The fourth-order valence-electron chi connectivity index (χ4n) is 6.50. The van der Waals surface area contributed by atoms with Crippen LogP contribution in [0, 0.1) is 0 Å². The van der Waals surface area contributed by atoms with Gasteiger partial charge in [-0.25, -0.2) is 4.98 Å². The number of halogens is 1. The Balaban J connectivity index is 1.25. The van der Waals surface area contributed by atoms with E-state index in [2.05, 4.69) is 62.5 Å². The molecular formula is C30H34ClN7O. The van der Waals surface area contributed by atoms with Gasteiger partial charge in [0, 0.05) is 48.0 Å². The van der Waals surface area contributed by atoms with Gasteiger partial charge in [-0.1, -0.05) is 35.9 Å². The van der Waals surface area contributed by atoms with Crippen molar-refractivity contribution in [3.8, 4) is 6.01 Å². The monoisotopic (exact) mass is 543 g/mol. The molecule has 0 bridgehead atoms. The Labute approximate surface area is 234 Å². The summed E-state index contributed by atoms with van der Waals surface area (Å²) in [4.78, 5) is 21.6. The number of ether oxygens (including phenoxy) is 1. The molecule has 4 aromatic rings. The quantitative estimate of drug-likeness (QED) is 0.347. The maximum Gasteiger partial charge on any atom is 0.318 e. The van der Waals surface area contributed by atoms with Crippen molar-refractivity contribution in [2.75, 3.05) is 43.1 Å². The zero-order valence-corrected chi connectivity index (χ0v) is 23.3. The normalized spacial score (nSPS) is 21.3. The number of fused-ring (bicyclic) bond motifs is 3. The number of anilines is 2. The molecule has 202 valence electrons. The number of aromatic nitrogens is 4. The maximum atomic E-state index is 6.70. The van der Waals surface area contributed by atoms with Crippen molar-refractivity contribution in [3.05, 3.63) is 70.9 Å². The molecule has 2 aromatic carbocycles. The van der Waals surface area contributed by atoms with Gasteiger partial charge in [-0.2, -0.15) is 9.97 Å². The number of rotatable bonds is 5. The summed E-state index contributed by atoms with van der Waals surface area (Å²) in [6.45, 7) is 7.19. The van der Waals surface area contributed by atoms with E-state index in [1.807, 2.05) is 24.7 Å². The predicted molar refractivity (Wildman–Crippen MR) is 155 cm³/mol. The Bertz CT molecular complexity index is 1520. The first-order valence-electron chi connectivity index (χ1n) is 14.0. The number of hydrogen-bond acceptors (Lipinski definition) is 7. The summed E-state index contributed by atoms with van der Waals surface area (Å²) in [5.74, 6) is 1.00. The Morgan fingerprint density at radius 1 is 1.05 bits per heavy atom. The number of benzene rings is 2. The maximum absolute atomic E-state index is 6.70. The molecule has 0 saturated carbocycles. The molecule has 0 amide bonds. The molecule has 0 radical (unpaired) electrons. The SMILES string of the molecule is CC1CN(c2nc(OC[C@@H]3CCCN3C)nc3c2CCN(c2cccc4cccc(Cl)c24)C3)Cc2cncn21. The van der Waals surface area contributed by atoms with Crippen molar-refractivity contribution in [1.29, 1.82) is 0 Å². The fraction of sp³-hybridized carbons (Fsp3) is 0.433. The molecule has 3 aliphatic rings. The van der Waals surface area contributed by atoms with Gasteiger partial charge < -0.3 is 24.0 Å². The Kier molecular flexibility index (Phi) is 6.32. The van der Waals surface area contributed by atoms with Crippen LogP contribution >= 0.6 is 11.6 Å². The van der Waals surface area contributed by atoms with Crippen molar-refractivity contribution in [2.45, 2.75) is 51.4 Å². The summed E-state index contributed by atoms with van der Waals surface area (Å²) in [6.07, 6.45) is 7.13. The molecule has 0 spiro atoms. The molecule has 9 heteroatoms. The first-order chi connectivity index (χ1) is 19.0. The van der Waals surface area contributed by atoms with Crippen LogP contribution in [-0.4, -0.2) is 63.7 Å². The van der Waals surface area contributed by atoms with Gasteiger partial charge in [-0.3, -0.25) is 0 Å². The van der Waals surface area contributed by atoms with Gasteiger partial charge in [-0.05, 0) is 57.3 Å². The average molecular weight is 544 g/mol. The lowest BCUT2D eigenvalue weighted by atomic mass is 10.0. The zero-order valence-electron chi connectivity index (χ0n) is 22.6. The van der Waals surface area contributed by atoms with Crippen LogP contribution in [0.1, 0.15) is 42.8 Å². The van der Waals surface area contributed by atoms with Gasteiger partial charge in [0.25, 0.3) is 0 Å². The highest BCUT2D eigenvalue weighted by molar-refractivity contribution is 6.36. The van der Waals surface area contributed by atoms with Crippen LogP contribution in [0.5, 0.6) is 6.01 Å². The minimum Gasteiger partial charge on any atom is -0.462 e. The van der Waals surface area contributed by atoms with Crippen LogP contribution in [0.15, 0.2) is 48.9 Å². The van der Waals surface area contributed by atoms with Crippen molar-refractivity contribution >= 4 is 33.9 Å². The average Bonchev–Trinajstić information content (AvgIpc) is 3.60. The van der Waals surface area contributed by atoms with E-state index >= 15 is 0 Å². The smallest absolute Gasteiger partial charge is 0.318 e. The highest BCUT2D eigenvalue weighted by atomic mass is 35.5. The number of likely N-dealkylation sites (tertiary alicyclic amines) is 1. The molecule has 2 atom stereocenters. The summed E-state index contributed by atoms with van der Waals surface area (Å²) in [5, 5.41) is 3.02. The summed E-state index contributed by atoms with van der Waals surface area (Å²) in [5.41, 5.74) is 4.62. The molecule has 39 heavy (non-hydrogen) atoms. The van der Waals surface area contributed by atoms with E-state index < -0.39 is 0 Å². The molecule has 2 aromatic heterocycles. The molecular weight excluding hydrogens is 510 g/mol. The fourth-order valence-corrected chi connectivity index (χ4v) is 6.78. The second kappa shape index (κ2) is 9.99. The summed E-state index contributed by atoms with van der Waals surface area (Å²) in [7, 11) is 2.17. The van der Waals surface area contributed by atoms with Crippen molar-refractivity contribution in [2.24, 2.45) is 0 Å². The highest BCUT2D eigenvalue weighted by Gasteiger charge is 2.31. The summed E-state index contributed by atoms with van der Waals surface area (Å²) < 4.78 is 8.59. The van der Waals surface area contributed by atoms with E-state index in [9.17, 15) is 0 Å². The second-order valence-electron chi connectivity index (χ2n) is 11.2. The Morgan fingerprint density at radius 2 is 1.92 bits per heavy atom. The van der Waals surface area contributed by atoms with E-state index in [-0.39, 0.29) is 0 Å². The largest absolute Gasteiger partial charge is 0.462 e. The van der Waals surface area contributed by atoms with Crippen LogP contribution in [0.4, 0.5) is 11.5 Å². The molecule has 1 fully saturated rings. The van der Waals surface area contributed by atoms with Gasteiger partial charge >= 0.3 is 6.01 Å². The molecule has 1 unspecified atom stereocenters. The lowest BCUT2D eigenvalue weighted by molar-refractivity contribution is 0.187. The predicted octanol–water partition coefficient (Wildman–Crippen LogP) is 5.10. The van der Waals surface area contributed by atoms with Gasteiger partial charge in [0.2, 0.25) is 0 Å². The lowest BCUT2D eigenvalue weighted by Crippen LogP contribution is -2.39. The topological polar surface area (TPSA) is 62.6 Å². The van der Waals surface area contributed by atoms with Crippen LogP contribution < -0.4 is 14.5 Å². The van der Waals surface area contributed by atoms with Gasteiger partial charge in [0.05, 0.1) is 35.8 Å². The number of likely N-dealkylation sites (N-methyl/N-ethyl adjacent to an activating group) is 1.